The average molecular weight is 315 g/mol. The van der Waals surface area contributed by atoms with E-state index >= 15 is 0 Å². The van der Waals surface area contributed by atoms with Gasteiger partial charge in [0.25, 0.3) is 0 Å². The molecule has 0 saturated carbocycles. The molecule has 0 bridgehead atoms. The van der Waals surface area contributed by atoms with Crippen molar-refractivity contribution >= 4 is 10.0 Å². The molecule has 0 aliphatic carbocycles. The summed E-state index contributed by atoms with van der Waals surface area (Å²) in [4.78, 5) is 0.358. The molecule has 0 fully saturated rings. The number of hydrogen-bond donors (Lipinski definition) is 2. The Morgan fingerprint density at radius 3 is 2.43 bits per heavy atom. The van der Waals surface area contributed by atoms with Crippen LogP contribution in [0.15, 0.2) is 17.2 Å². The number of hydrogen-bond acceptors (Lipinski definition) is 3. The van der Waals surface area contributed by atoms with Gasteiger partial charge in [0.1, 0.15) is 0 Å². The van der Waals surface area contributed by atoms with E-state index in [-0.39, 0.29) is 6.04 Å². The summed E-state index contributed by atoms with van der Waals surface area (Å²) in [6, 6.07) is 2.09. The van der Waals surface area contributed by atoms with Gasteiger partial charge >= 0.3 is 0 Å². The maximum atomic E-state index is 12.4. The van der Waals surface area contributed by atoms with Gasteiger partial charge in [-0.2, -0.15) is 0 Å². The molecule has 122 valence electrons. The van der Waals surface area contributed by atoms with Crippen LogP contribution in [-0.2, 0) is 23.1 Å². The Balaban J connectivity index is 3.00. The third kappa shape index (κ3) is 5.45. The van der Waals surface area contributed by atoms with Crippen LogP contribution < -0.4 is 10.0 Å². The summed E-state index contributed by atoms with van der Waals surface area (Å²) >= 11 is 0. The molecule has 0 aliphatic rings. The molecule has 0 radical (unpaired) electrons. The van der Waals surface area contributed by atoms with Crippen molar-refractivity contribution < 1.29 is 8.42 Å². The molecule has 0 aliphatic heterocycles. The van der Waals surface area contributed by atoms with Crippen LogP contribution in [0.25, 0.3) is 0 Å². The van der Waals surface area contributed by atoms with Crippen molar-refractivity contribution in [2.24, 2.45) is 0 Å². The fourth-order valence-corrected chi connectivity index (χ4v) is 3.38. The highest BCUT2D eigenvalue weighted by molar-refractivity contribution is 7.89. The van der Waals surface area contributed by atoms with Crippen LogP contribution in [0.1, 0.15) is 53.2 Å². The van der Waals surface area contributed by atoms with Gasteiger partial charge in [0.05, 0.1) is 4.90 Å². The minimum absolute atomic E-state index is 0.0539. The van der Waals surface area contributed by atoms with E-state index in [0.717, 1.165) is 25.1 Å². The van der Waals surface area contributed by atoms with Gasteiger partial charge in [0.15, 0.2) is 0 Å². The fraction of sp³-hybridized carbons (Fsp3) is 0.733. The number of nitrogens with one attached hydrogen (secondary N) is 2. The first-order chi connectivity index (χ1) is 9.80. The van der Waals surface area contributed by atoms with Gasteiger partial charge in [-0.05, 0) is 25.8 Å². The lowest BCUT2D eigenvalue weighted by atomic mass is 10.3. The van der Waals surface area contributed by atoms with Crippen LogP contribution >= 0.6 is 0 Å². The number of sulfonamides is 1. The maximum Gasteiger partial charge on any atom is 0.242 e. The van der Waals surface area contributed by atoms with Crippen molar-refractivity contribution in [3.05, 3.63) is 18.0 Å². The molecule has 1 aromatic heterocycles. The molecular formula is C15H29N3O2S. The molecule has 0 spiro atoms. The summed E-state index contributed by atoms with van der Waals surface area (Å²) in [5.41, 5.74) is 1.01. The Morgan fingerprint density at radius 2 is 1.90 bits per heavy atom. The zero-order valence-corrected chi connectivity index (χ0v) is 14.6. The Labute approximate surface area is 129 Å². The molecule has 0 aromatic carbocycles. The largest absolute Gasteiger partial charge is 0.349 e. The minimum Gasteiger partial charge on any atom is -0.349 e. The number of aromatic nitrogens is 1. The SMILES string of the molecule is CCCn1cc(S(=O)(=O)NC(C)CC)cc1CNC(C)C. The van der Waals surface area contributed by atoms with Gasteiger partial charge in [0, 0.05) is 37.1 Å². The predicted octanol–water partition coefficient (Wildman–Crippen LogP) is 2.47. The van der Waals surface area contributed by atoms with E-state index < -0.39 is 10.0 Å². The zero-order valence-electron chi connectivity index (χ0n) is 13.8. The van der Waals surface area contributed by atoms with Crippen molar-refractivity contribution in [2.45, 2.75) is 77.5 Å². The van der Waals surface area contributed by atoms with Crippen LogP contribution in [0, 0.1) is 0 Å². The van der Waals surface area contributed by atoms with E-state index in [0.29, 0.717) is 17.5 Å². The lowest BCUT2D eigenvalue weighted by molar-refractivity contribution is 0.550. The average Bonchev–Trinajstić information content (AvgIpc) is 2.80. The second kappa shape index (κ2) is 7.96. The van der Waals surface area contributed by atoms with Gasteiger partial charge in [-0.25, -0.2) is 13.1 Å². The molecule has 1 unspecified atom stereocenters. The summed E-state index contributed by atoms with van der Waals surface area (Å²) in [7, 11) is -3.43. The number of rotatable bonds is 9. The van der Waals surface area contributed by atoms with Gasteiger partial charge in [-0.1, -0.05) is 27.7 Å². The molecule has 5 nitrogen and oxygen atoms in total. The second-order valence-corrected chi connectivity index (χ2v) is 7.54. The first-order valence-corrected chi connectivity index (χ1v) is 9.23. The Morgan fingerprint density at radius 1 is 1.24 bits per heavy atom. The van der Waals surface area contributed by atoms with Crippen LogP contribution in [0.4, 0.5) is 0 Å². The fourth-order valence-electron chi connectivity index (χ4n) is 1.99. The molecule has 2 N–H and O–H groups in total. The monoisotopic (exact) mass is 315 g/mol. The smallest absolute Gasteiger partial charge is 0.242 e. The quantitative estimate of drug-likeness (QED) is 0.736. The predicted molar refractivity (Wildman–Crippen MR) is 86.8 cm³/mol. The van der Waals surface area contributed by atoms with Crippen molar-refractivity contribution in [2.75, 3.05) is 0 Å². The van der Waals surface area contributed by atoms with Gasteiger partial charge < -0.3 is 9.88 Å². The Kier molecular flexibility index (Phi) is 6.90. The van der Waals surface area contributed by atoms with E-state index in [1.54, 1.807) is 12.3 Å². The summed E-state index contributed by atoms with van der Waals surface area (Å²) in [6.45, 7) is 11.6. The number of nitrogens with zero attached hydrogens (tertiary/aromatic N) is 1. The number of aryl methyl sites for hydroxylation is 1. The zero-order chi connectivity index (χ0) is 16.0. The maximum absolute atomic E-state index is 12.4. The Hall–Kier alpha value is -0.850. The summed E-state index contributed by atoms with van der Waals surface area (Å²) < 4.78 is 29.5. The molecule has 1 aromatic rings. The summed E-state index contributed by atoms with van der Waals surface area (Å²) in [6.07, 6.45) is 3.49. The van der Waals surface area contributed by atoms with Crippen LogP contribution in [0.2, 0.25) is 0 Å². The molecule has 1 rings (SSSR count). The first kappa shape index (κ1) is 18.2. The van der Waals surface area contributed by atoms with Crippen LogP contribution in [0.3, 0.4) is 0 Å². The highest BCUT2D eigenvalue weighted by atomic mass is 32.2. The van der Waals surface area contributed by atoms with Gasteiger partial charge in [-0.15, -0.1) is 0 Å². The standard InChI is InChI=1S/C15H29N3O2S/c1-6-8-18-11-15(9-14(18)10-16-12(3)4)21(19,20)17-13(5)7-2/h9,11-13,16-17H,6-8,10H2,1-5H3. The summed E-state index contributed by atoms with van der Waals surface area (Å²) in [5, 5.41) is 3.34. The molecular weight excluding hydrogens is 286 g/mol. The van der Waals surface area contributed by atoms with Crippen LogP contribution in [-0.4, -0.2) is 25.1 Å². The van der Waals surface area contributed by atoms with Crippen LogP contribution in [0.5, 0.6) is 0 Å². The molecule has 1 atom stereocenters. The molecule has 0 saturated heterocycles. The molecule has 21 heavy (non-hydrogen) atoms. The van der Waals surface area contributed by atoms with Gasteiger partial charge in [0.2, 0.25) is 10.0 Å². The highest BCUT2D eigenvalue weighted by Gasteiger charge is 2.20. The minimum atomic E-state index is -3.43. The third-order valence-corrected chi connectivity index (χ3v) is 4.95. The lowest BCUT2D eigenvalue weighted by Gasteiger charge is -2.10. The molecule has 0 amide bonds. The van der Waals surface area contributed by atoms with Crippen molar-refractivity contribution in [1.29, 1.82) is 0 Å². The molecule has 1 heterocycles. The normalized spacial score (nSPS) is 13.8. The van der Waals surface area contributed by atoms with E-state index in [2.05, 4.69) is 30.8 Å². The highest BCUT2D eigenvalue weighted by Crippen LogP contribution is 2.16. The van der Waals surface area contributed by atoms with E-state index in [9.17, 15) is 8.42 Å². The van der Waals surface area contributed by atoms with Crippen molar-refractivity contribution in [3.8, 4) is 0 Å². The third-order valence-electron chi connectivity index (χ3n) is 3.40. The summed E-state index contributed by atoms with van der Waals surface area (Å²) in [5.74, 6) is 0. The first-order valence-electron chi connectivity index (χ1n) is 7.74. The second-order valence-electron chi connectivity index (χ2n) is 5.83. The van der Waals surface area contributed by atoms with Crippen molar-refractivity contribution in [1.82, 2.24) is 14.6 Å². The molecule has 6 heteroatoms. The topological polar surface area (TPSA) is 63.1 Å². The van der Waals surface area contributed by atoms with E-state index in [1.165, 1.54) is 0 Å². The van der Waals surface area contributed by atoms with E-state index in [1.807, 2.05) is 18.4 Å². The van der Waals surface area contributed by atoms with Gasteiger partial charge in [-0.3, -0.25) is 0 Å². The van der Waals surface area contributed by atoms with E-state index in [4.69, 9.17) is 0 Å². The Bertz CT molecular complexity index is 535. The lowest BCUT2D eigenvalue weighted by Crippen LogP contribution is -2.31. The van der Waals surface area contributed by atoms with Crippen molar-refractivity contribution in [3.63, 3.8) is 0 Å².